The normalized spacial score (nSPS) is 11.4. The number of alkyl halides is 1. The number of rotatable bonds is 3. The third-order valence-electron chi connectivity index (χ3n) is 3.09. The molecule has 0 atom stereocenters. The van der Waals surface area contributed by atoms with Gasteiger partial charge < -0.3 is 9.13 Å². The lowest BCUT2D eigenvalue weighted by atomic mass is 10.3. The van der Waals surface area contributed by atoms with Gasteiger partial charge in [0.15, 0.2) is 5.82 Å². The van der Waals surface area contributed by atoms with E-state index in [1.54, 1.807) is 18.5 Å². The number of hydrogen-bond donors (Lipinski definition) is 0. The van der Waals surface area contributed by atoms with Crippen molar-refractivity contribution in [1.82, 2.24) is 24.3 Å². The average molecular weight is 331 g/mol. The van der Waals surface area contributed by atoms with Crippen LogP contribution in [0.25, 0.3) is 11.0 Å². The summed E-state index contributed by atoms with van der Waals surface area (Å²) in [5.41, 5.74) is 1.63. The van der Waals surface area contributed by atoms with Crippen molar-refractivity contribution in [3.63, 3.8) is 0 Å². The minimum absolute atomic E-state index is 0.293. The van der Waals surface area contributed by atoms with Gasteiger partial charge in [0, 0.05) is 7.05 Å². The Labute approximate surface area is 130 Å². The molecule has 0 radical (unpaired) electrons. The molecule has 3 rings (SSSR count). The summed E-state index contributed by atoms with van der Waals surface area (Å²) in [4.78, 5) is 4.47. The largest absolute Gasteiger partial charge is 0.319 e. The Balaban J connectivity index is 2.17. The number of hydrogen-bond acceptors (Lipinski definition) is 3. The van der Waals surface area contributed by atoms with E-state index in [0.29, 0.717) is 22.5 Å². The standard InChI is InChI=1S/C12H10Cl3N5/c1-19-6-16-18-12(19)5-20-10-3-8(15)7(14)2-9(10)17-11(20)4-13/h2-3,6H,4-5H2,1H3. The second-order valence-electron chi connectivity index (χ2n) is 4.36. The predicted molar refractivity (Wildman–Crippen MR) is 79.4 cm³/mol. The second-order valence-corrected chi connectivity index (χ2v) is 5.44. The monoisotopic (exact) mass is 329 g/mol. The summed E-state index contributed by atoms with van der Waals surface area (Å²) in [7, 11) is 1.89. The Bertz CT molecular complexity index is 777. The van der Waals surface area contributed by atoms with Crippen LogP contribution in [0.15, 0.2) is 18.5 Å². The molecular weight excluding hydrogens is 321 g/mol. The van der Waals surface area contributed by atoms with E-state index in [4.69, 9.17) is 34.8 Å². The van der Waals surface area contributed by atoms with Crippen molar-refractivity contribution < 1.29 is 0 Å². The second kappa shape index (κ2) is 5.24. The van der Waals surface area contributed by atoms with Crippen LogP contribution >= 0.6 is 34.8 Å². The van der Waals surface area contributed by atoms with Gasteiger partial charge in [-0.05, 0) is 12.1 Å². The van der Waals surface area contributed by atoms with E-state index in [-0.39, 0.29) is 0 Å². The van der Waals surface area contributed by atoms with Crippen molar-refractivity contribution in [2.45, 2.75) is 12.4 Å². The fraction of sp³-hybridized carbons (Fsp3) is 0.250. The number of aryl methyl sites for hydroxylation is 1. The van der Waals surface area contributed by atoms with Crippen LogP contribution in [0.1, 0.15) is 11.6 Å². The predicted octanol–water partition coefficient (Wildman–Crippen LogP) is 3.26. The maximum absolute atomic E-state index is 6.09. The summed E-state index contributed by atoms with van der Waals surface area (Å²) >= 11 is 18.1. The topological polar surface area (TPSA) is 48.5 Å². The number of nitrogens with zero attached hydrogens (tertiary/aromatic N) is 5. The maximum Gasteiger partial charge on any atom is 0.152 e. The van der Waals surface area contributed by atoms with E-state index < -0.39 is 0 Å². The zero-order valence-electron chi connectivity index (χ0n) is 10.5. The van der Waals surface area contributed by atoms with E-state index in [1.165, 1.54) is 0 Å². The maximum atomic E-state index is 6.09. The summed E-state index contributed by atoms with van der Waals surface area (Å²) < 4.78 is 3.82. The van der Waals surface area contributed by atoms with E-state index >= 15 is 0 Å². The van der Waals surface area contributed by atoms with Gasteiger partial charge in [-0.1, -0.05) is 23.2 Å². The molecule has 0 saturated heterocycles. The van der Waals surface area contributed by atoms with Crippen LogP contribution in [0.5, 0.6) is 0 Å². The first kappa shape index (κ1) is 13.7. The number of halogens is 3. The molecule has 0 aliphatic rings. The quantitative estimate of drug-likeness (QED) is 0.693. The minimum atomic E-state index is 0.293. The molecule has 0 bridgehead atoms. The molecular formula is C12H10Cl3N5. The van der Waals surface area contributed by atoms with Crippen LogP contribution in [0, 0.1) is 0 Å². The van der Waals surface area contributed by atoms with Crippen LogP contribution in [-0.2, 0) is 19.5 Å². The Morgan fingerprint density at radius 2 is 1.90 bits per heavy atom. The summed E-state index contributed by atoms with van der Waals surface area (Å²) in [5, 5.41) is 8.90. The zero-order chi connectivity index (χ0) is 14.3. The number of aromatic nitrogens is 5. The molecule has 0 aliphatic carbocycles. The molecule has 0 unspecified atom stereocenters. The van der Waals surface area contributed by atoms with E-state index in [9.17, 15) is 0 Å². The number of fused-ring (bicyclic) bond motifs is 1. The SMILES string of the molecule is Cn1cnnc1Cn1c(CCl)nc2cc(Cl)c(Cl)cc21. The lowest BCUT2D eigenvalue weighted by Crippen LogP contribution is -2.08. The fourth-order valence-corrected chi connectivity index (χ4v) is 2.56. The third kappa shape index (κ3) is 2.26. The van der Waals surface area contributed by atoms with Gasteiger partial charge in [-0.15, -0.1) is 21.8 Å². The first-order valence-electron chi connectivity index (χ1n) is 5.83. The molecule has 0 N–H and O–H groups in total. The smallest absolute Gasteiger partial charge is 0.152 e. The Hall–Kier alpha value is -1.30. The molecule has 3 aromatic rings. The van der Waals surface area contributed by atoms with Crippen LogP contribution in [0.2, 0.25) is 10.0 Å². The van der Waals surface area contributed by atoms with Crippen molar-refractivity contribution >= 4 is 45.8 Å². The third-order valence-corrected chi connectivity index (χ3v) is 4.05. The molecule has 5 nitrogen and oxygen atoms in total. The fourth-order valence-electron chi connectivity index (χ4n) is 2.04. The number of imidazole rings is 1. The Kier molecular flexibility index (Phi) is 3.58. The van der Waals surface area contributed by atoms with Crippen LogP contribution in [-0.4, -0.2) is 24.3 Å². The lowest BCUT2D eigenvalue weighted by molar-refractivity contribution is 0.691. The van der Waals surface area contributed by atoms with Crippen LogP contribution in [0.3, 0.4) is 0 Å². The minimum Gasteiger partial charge on any atom is -0.319 e. The van der Waals surface area contributed by atoms with Gasteiger partial charge in [-0.25, -0.2) is 4.98 Å². The van der Waals surface area contributed by atoms with Crippen molar-refractivity contribution in [2.24, 2.45) is 7.05 Å². The first-order valence-corrected chi connectivity index (χ1v) is 7.12. The molecule has 20 heavy (non-hydrogen) atoms. The van der Waals surface area contributed by atoms with Crippen molar-refractivity contribution in [3.05, 3.63) is 40.2 Å². The van der Waals surface area contributed by atoms with Gasteiger partial charge in [-0.2, -0.15) is 0 Å². The van der Waals surface area contributed by atoms with E-state index in [1.807, 2.05) is 16.2 Å². The summed E-state index contributed by atoms with van der Waals surface area (Å²) in [6.45, 7) is 0.521. The molecule has 0 saturated carbocycles. The molecule has 8 heteroatoms. The highest BCUT2D eigenvalue weighted by Crippen LogP contribution is 2.29. The zero-order valence-corrected chi connectivity index (χ0v) is 12.8. The van der Waals surface area contributed by atoms with Crippen molar-refractivity contribution in [3.8, 4) is 0 Å². The average Bonchev–Trinajstić information content (AvgIpc) is 2.96. The highest BCUT2D eigenvalue weighted by Gasteiger charge is 2.14. The van der Waals surface area contributed by atoms with Gasteiger partial charge in [0.2, 0.25) is 0 Å². The molecule has 0 aliphatic heterocycles. The van der Waals surface area contributed by atoms with E-state index in [0.717, 1.165) is 22.7 Å². The highest BCUT2D eigenvalue weighted by atomic mass is 35.5. The van der Waals surface area contributed by atoms with Gasteiger partial charge in [0.25, 0.3) is 0 Å². The molecule has 1 aromatic carbocycles. The Morgan fingerprint density at radius 3 is 2.55 bits per heavy atom. The van der Waals surface area contributed by atoms with Crippen LogP contribution in [0.4, 0.5) is 0 Å². The number of benzene rings is 1. The van der Waals surface area contributed by atoms with E-state index in [2.05, 4.69) is 15.2 Å². The summed E-state index contributed by atoms with van der Waals surface area (Å²) in [6, 6.07) is 3.53. The van der Waals surface area contributed by atoms with Crippen molar-refractivity contribution in [2.75, 3.05) is 0 Å². The Morgan fingerprint density at radius 1 is 1.15 bits per heavy atom. The molecule has 2 heterocycles. The molecule has 0 amide bonds. The van der Waals surface area contributed by atoms with Gasteiger partial charge in [0.05, 0.1) is 33.5 Å². The molecule has 0 spiro atoms. The van der Waals surface area contributed by atoms with Crippen LogP contribution < -0.4 is 0 Å². The van der Waals surface area contributed by atoms with Gasteiger partial charge >= 0.3 is 0 Å². The highest BCUT2D eigenvalue weighted by molar-refractivity contribution is 6.42. The molecule has 0 fully saturated rings. The van der Waals surface area contributed by atoms with Gasteiger partial charge in [0.1, 0.15) is 12.2 Å². The first-order chi connectivity index (χ1) is 9.60. The summed E-state index contributed by atoms with van der Waals surface area (Å²) in [5.74, 6) is 1.84. The van der Waals surface area contributed by atoms with Crippen molar-refractivity contribution in [1.29, 1.82) is 0 Å². The molecule has 104 valence electrons. The lowest BCUT2D eigenvalue weighted by Gasteiger charge is -2.07. The molecule has 2 aromatic heterocycles. The summed E-state index contributed by atoms with van der Waals surface area (Å²) in [6.07, 6.45) is 1.65. The van der Waals surface area contributed by atoms with Gasteiger partial charge in [-0.3, -0.25) is 0 Å².